The van der Waals surface area contributed by atoms with Crippen molar-refractivity contribution in [1.29, 1.82) is 0 Å². The highest BCUT2D eigenvalue weighted by molar-refractivity contribution is 6.34. The van der Waals surface area contributed by atoms with Crippen molar-refractivity contribution < 1.29 is 14.4 Å². The lowest BCUT2D eigenvalue weighted by molar-refractivity contribution is 0.0565. The van der Waals surface area contributed by atoms with E-state index in [1.807, 2.05) is 9.80 Å². The number of halogens is 2. The van der Waals surface area contributed by atoms with Gasteiger partial charge in [0, 0.05) is 37.3 Å². The third kappa shape index (κ3) is 4.46. The Hall–Kier alpha value is -2.44. The monoisotopic (exact) mass is 459 g/mol. The molecule has 8 heteroatoms. The first-order valence-corrected chi connectivity index (χ1v) is 11.1. The van der Waals surface area contributed by atoms with Gasteiger partial charge in [0.25, 0.3) is 11.8 Å². The number of ketones is 1. The van der Waals surface area contributed by atoms with Crippen molar-refractivity contribution in [1.82, 2.24) is 14.8 Å². The molecule has 4 rings (SSSR count). The van der Waals surface area contributed by atoms with E-state index in [-0.39, 0.29) is 33.3 Å². The Balaban J connectivity index is 1.37. The Bertz CT molecular complexity index is 1030. The van der Waals surface area contributed by atoms with Crippen LogP contribution in [0.2, 0.25) is 10.3 Å². The highest BCUT2D eigenvalue weighted by Gasteiger charge is 2.43. The number of aromatic nitrogens is 1. The third-order valence-electron chi connectivity index (χ3n) is 6.42. The Kier molecular flexibility index (Phi) is 6.04. The van der Waals surface area contributed by atoms with E-state index in [1.54, 1.807) is 36.4 Å². The number of nitrogens with zero attached hydrogens (tertiary/aromatic N) is 3. The van der Waals surface area contributed by atoms with E-state index in [1.165, 1.54) is 6.92 Å². The van der Waals surface area contributed by atoms with Crippen molar-refractivity contribution in [2.24, 2.45) is 5.41 Å². The number of carbonyl (C=O) groups is 3. The molecule has 1 aromatic carbocycles. The van der Waals surface area contributed by atoms with Gasteiger partial charge >= 0.3 is 0 Å². The molecule has 3 heterocycles. The van der Waals surface area contributed by atoms with Crippen molar-refractivity contribution in [3.8, 4) is 0 Å². The van der Waals surface area contributed by atoms with Gasteiger partial charge in [0.15, 0.2) is 5.78 Å². The third-order valence-corrected chi connectivity index (χ3v) is 6.92. The first kappa shape index (κ1) is 21.8. The molecule has 0 unspecified atom stereocenters. The van der Waals surface area contributed by atoms with Gasteiger partial charge in [0.05, 0.1) is 5.56 Å². The predicted octanol–water partition coefficient (Wildman–Crippen LogP) is 4.36. The number of hydrogen-bond donors (Lipinski definition) is 0. The topological polar surface area (TPSA) is 70.6 Å². The number of Topliss-reactive ketones (excluding diaryl/α,β-unsaturated/α-hetero) is 1. The zero-order valence-electron chi connectivity index (χ0n) is 17.2. The van der Waals surface area contributed by atoms with Crippen molar-refractivity contribution in [3.05, 3.63) is 63.4 Å². The fourth-order valence-electron chi connectivity index (χ4n) is 4.47. The molecule has 31 heavy (non-hydrogen) atoms. The van der Waals surface area contributed by atoms with Crippen LogP contribution in [0.25, 0.3) is 0 Å². The fraction of sp³-hybridized carbons (Fsp3) is 0.391. The van der Waals surface area contributed by atoms with E-state index in [0.717, 1.165) is 19.3 Å². The van der Waals surface area contributed by atoms with Crippen LogP contribution in [0.1, 0.15) is 57.3 Å². The van der Waals surface area contributed by atoms with Gasteiger partial charge in [-0.2, -0.15) is 0 Å². The van der Waals surface area contributed by atoms with Crippen LogP contribution in [-0.2, 0) is 0 Å². The molecule has 0 saturated carbocycles. The first-order valence-electron chi connectivity index (χ1n) is 10.3. The fourth-order valence-corrected chi connectivity index (χ4v) is 4.90. The molecule has 2 aromatic rings. The van der Waals surface area contributed by atoms with Crippen LogP contribution in [0.15, 0.2) is 36.4 Å². The van der Waals surface area contributed by atoms with Crippen molar-refractivity contribution >= 4 is 40.8 Å². The summed E-state index contributed by atoms with van der Waals surface area (Å²) >= 11 is 11.9. The standard InChI is InChI=1S/C23H23Cl2N3O3/c1-15(29)16-2-4-17(5-3-16)21(30)27-11-8-23(9-12-27)10-13-28(14-23)22(31)18-6-7-19(24)26-20(18)25/h2-7H,8-14H2,1H3. The minimum absolute atomic E-state index is 0.0186. The molecule has 1 aromatic heterocycles. The lowest BCUT2D eigenvalue weighted by Crippen LogP contribution is -2.44. The van der Waals surface area contributed by atoms with E-state index < -0.39 is 0 Å². The molecule has 0 N–H and O–H groups in total. The molecule has 2 saturated heterocycles. The van der Waals surface area contributed by atoms with Gasteiger partial charge in [-0.25, -0.2) is 4.98 Å². The summed E-state index contributed by atoms with van der Waals surface area (Å²) in [6.45, 7) is 4.13. The maximum absolute atomic E-state index is 12.9. The molecule has 6 nitrogen and oxygen atoms in total. The molecule has 2 fully saturated rings. The van der Waals surface area contributed by atoms with E-state index in [0.29, 0.717) is 42.9 Å². The van der Waals surface area contributed by atoms with Gasteiger partial charge in [-0.3, -0.25) is 14.4 Å². The van der Waals surface area contributed by atoms with Gasteiger partial charge in [-0.05, 0) is 55.9 Å². The summed E-state index contributed by atoms with van der Waals surface area (Å²) in [6, 6.07) is 9.99. The Morgan fingerprint density at radius 2 is 1.42 bits per heavy atom. The van der Waals surface area contributed by atoms with Gasteiger partial charge in [0.2, 0.25) is 0 Å². The highest BCUT2D eigenvalue weighted by atomic mass is 35.5. The summed E-state index contributed by atoms with van der Waals surface area (Å²) in [7, 11) is 0. The van der Waals surface area contributed by atoms with Crippen molar-refractivity contribution in [3.63, 3.8) is 0 Å². The lowest BCUT2D eigenvalue weighted by atomic mass is 9.77. The number of amides is 2. The SMILES string of the molecule is CC(=O)c1ccc(C(=O)N2CCC3(CC2)CCN(C(=O)c2ccc(Cl)nc2Cl)C3)cc1. The number of piperidine rings is 1. The van der Waals surface area contributed by atoms with E-state index >= 15 is 0 Å². The quantitative estimate of drug-likeness (QED) is 0.504. The average molecular weight is 460 g/mol. The summed E-state index contributed by atoms with van der Waals surface area (Å²) in [6.07, 6.45) is 2.61. The summed E-state index contributed by atoms with van der Waals surface area (Å²) in [5, 5.41) is 0.377. The van der Waals surface area contributed by atoms with Crippen molar-refractivity contribution in [2.75, 3.05) is 26.2 Å². The van der Waals surface area contributed by atoms with Crippen LogP contribution < -0.4 is 0 Å². The second kappa shape index (κ2) is 8.60. The number of carbonyl (C=O) groups excluding carboxylic acids is 3. The number of rotatable bonds is 3. The minimum Gasteiger partial charge on any atom is -0.339 e. The second-order valence-corrected chi connectivity index (χ2v) is 9.12. The Morgan fingerprint density at radius 3 is 2.00 bits per heavy atom. The Morgan fingerprint density at radius 1 is 0.839 bits per heavy atom. The zero-order chi connectivity index (χ0) is 22.2. The highest BCUT2D eigenvalue weighted by Crippen LogP contribution is 2.41. The zero-order valence-corrected chi connectivity index (χ0v) is 18.7. The summed E-state index contributed by atoms with van der Waals surface area (Å²) in [5.41, 5.74) is 1.58. The minimum atomic E-state index is -0.130. The van der Waals surface area contributed by atoms with Gasteiger partial charge in [-0.15, -0.1) is 0 Å². The lowest BCUT2D eigenvalue weighted by Gasteiger charge is -2.39. The van der Waals surface area contributed by atoms with Crippen molar-refractivity contribution in [2.45, 2.75) is 26.2 Å². The van der Waals surface area contributed by atoms with Crippen LogP contribution in [0.4, 0.5) is 0 Å². The average Bonchev–Trinajstić information content (AvgIpc) is 3.17. The molecule has 0 bridgehead atoms. The van der Waals surface area contributed by atoms with Crippen LogP contribution in [-0.4, -0.2) is 58.6 Å². The maximum atomic E-state index is 12.9. The molecule has 162 valence electrons. The molecular weight excluding hydrogens is 437 g/mol. The second-order valence-electron chi connectivity index (χ2n) is 8.37. The smallest absolute Gasteiger partial charge is 0.257 e. The van der Waals surface area contributed by atoms with E-state index in [4.69, 9.17) is 23.2 Å². The number of pyridine rings is 1. The number of benzene rings is 1. The molecule has 0 aliphatic carbocycles. The Labute approximate surface area is 191 Å². The van der Waals surface area contributed by atoms with Crippen LogP contribution in [0.3, 0.4) is 0 Å². The van der Waals surface area contributed by atoms with E-state index in [2.05, 4.69) is 4.98 Å². The molecule has 2 amide bonds. The molecule has 0 atom stereocenters. The summed E-state index contributed by atoms with van der Waals surface area (Å²) < 4.78 is 0. The molecular formula is C23H23Cl2N3O3. The van der Waals surface area contributed by atoms with Crippen LogP contribution in [0.5, 0.6) is 0 Å². The van der Waals surface area contributed by atoms with Gasteiger partial charge in [0.1, 0.15) is 10.3 Å². The number of hydrogen-bond acceptors (Lipinski definition) is 4. The predicted molar refractivity (Wildman–Crippen MR) is 119 cm³/mol. The summed E-state index contributed by atoms with van der Waals surface area (Å²) in [4.78, 5) is 44.8. The van der Waals surface area contributed by atoms with E-state index in [9.17, 15) is 14.4 Å². The van der Waals surface area contributed by atoms with Crippen LogP contribution in [0, 0.1) is 5.41 Å². The normalized spacial score (nSPS) is 17.8. The number of likely N-dealkylation sites (tertiary alicyclic amines) is 2. The van der Waals surface area contributed by atoms with Gasteiger partial charge < -0.3 is 9.80 Å². The van der Waals surface area contributed by atoms with Gasteiger partial charge in [-0.1, -0.05) is 35.3 Å². The van der Waals surface area contributed by atoms with Crippen LogP contribution >= 0.6 is 23.2 Å². The largest absolute Gasteiger partial charge is 0.339 e. The molecule has 1 spiro atoms. The molecule has 0 radical (unpaired) electrons. The summed E-state index contributed by atoms with van der Waals surface area (Å²) in [5.74, 6) is -0.167. The maximum Gasteiger partial charge on any atom is 0.257 e. The molecule has 2 aliphatic rings. The first-order chi connectivity index (χ1) is 14.8. The molecule has 2 aliphatic heterocycles.